The standard InChI is InChI=1S/C22H33N7O.HI/c1-3-20-27-26-17-29(20)15-13-25-22(23-4-2)24-12-7-10-21(30)28-14-11-18-8-5-6-9-19(18)16-28;/h5-6,8-9,17H,3-4,7,10-16H2,1-2H3,(H2,23,24,25);1H. The summed E-state index contributed by atoms with van der Waals surface area (Å²) in [6.07, 6.45) is 4.85. The lowest BCUT2D eigenvalue weighted by Gasteiger charge is -2.28. The molecule has 0 bridgehead atoms. The van der Waals surface area contributed by atoms with E-state index in [0.717, 1.165) is 63.8 Å². The van der Waals surface area contributed by atoms with Crippen LogP contribution < -0.4 is 10.6 Å². The number of hydrogen-bond donors (Lipinski definition) is 2. The summed E-state index contributed by atoms with van der Waals surface area (Å²) in [6.45, 7) is 8.60. The molecule has 2 N–H and O–H groups in total. The largest absolute Gasteiger partial charge is 0.357 e. The zero-order valence-electron chi connectivity index (χ0n) is 18.5. The van der Waals surface area contributed by atoms with E-state index >= 15 is 0 Å². The maximum atomic E-state index is 12.6. The zero-order chi connectivity index (χ0) is 21.2. The van der Waals surface area contributed by atoms with E-state index in [2.05, 4.69) is 50.9 Å². The maximum Gasteiger partial charge on any atom is 0.222 e. The summed E-state index contributed by atoms with van der Waals surface area (Å²) < 4.78 is 2.05. The van der Waals surface area contributed by atoms with Gasteiger partial charge in [0, 0.05) is 52.1 Å². The van der Waals surface area contributed by atoms with E-state index in [9.17, 15) is 4.79 Å². The number of aromatic nitrogens is 3. The Morgan fingerprint density at radius 3 is 2.77 bits per heavy atom. The molecule has 2 heterocycles. The molecule has 9 heteroatoms. The van der Waals surface area contributed by atoms with Gasteiger partial charge in [0.2, 0.25) is 5.91 Å². The molecule has 1 amide bonds. The first-order chi connectivity index (χ1) is 14.7. The number of carbonyl (C=O) groups excluding carboxylic acids is 1. The van der Waals surface area contributed by atoms with Crippen molar-refractivity contribution in [3.63, 3.8) is 0 Å². The summed E-state index contributed by atoms with van der Waals surface area (Å²) in [6, 6.07) is 8.40. The average Bonchev–Trinajstić information content (AvgIpc) is 3.23. The van der Waals surface area contributed by atoms with Crippen LogP contribution >= 0.6 is 24.0 Å². The van der Waals surface area contributed by atoms with E-state index in [4.69, 9.17) is 0 Å². The SMILES string of the molecule is CCNC(=NCCCC(=O)N1CCc2ccccc2C1)NCCn1cnnc1CC.I. The highest BCUT2D eigenvalue weighted by atomic mass is 127. The first kappa shape index (κ1) is 25.1. The highest BCUT2D eigenvalue weighted by molar-refractivity contribution is 14.0. The van der Waals surface area contributed by atoms with Crippen molar-refractivity contribution in [2.75, 3.05) is 26.2 Å². The summed E-state index contributed by atoms with van der Waals surface area (Å²) in [5.41, 5.74) is 2.64. The van der Waals surface area contributed by atoms with E-state index in [1.165, 1.54) is 11.1 Å². The second-order valence-electron chi connectivity index (χ2n) is 7.42. The van der Waals surface area contributed by atoms with Gasteiger partial charge >= 0.3 is 0 Å². The van der Waals surface area contributed by atoms with Crippen LogP contribution in [0.2, 0.25) is 0 Å². The maximum absolute atomic E-state index is 12.6. The summed E-state index contributed by atoms with van der Waals surface area (Å²) >= 11 is 0. The number of carbonyl (C=O) groups is 1. The minimum atomic E-state index is 0. The van der Waals surface area contributed by atoms with Gasteiger partial charge in [-0.1, -0.05) is 31.2 Å². The highest BCUT2D eigenvalue weighted by Crippen LogP contribution is 2.19. The van der Waals surface area contributed by atoms with Gasteiger partial charge in [-0.2, -0.15) is 0 Å². The van der Waals surface area contributed by atoms with Gasteiger partial charge in [-0.05, 0) is 30.9 Å². The van der Waals surface area contributed by atoms with E-state index in [-0.39, 0.29) is 29.9 Å². The van der Waals surface area contributed by atoms with Crippen LogP contribution in [-0.2, 0) is 30.7 Å². The van der Waals surface area contributed by atoms with Gasteiger partial charge in [-0.3, -0.25) is 9.79 Å². The first-order valence-corrected chi connectivity index (χ1v) is 10.9. The number of fused-ring (bicyclic) bond motifs is 1. The smallest absolute Gasteiger partial charge is 0.222 e. The van der Waals surface area contributed by atoms with Crippen LogP contribution in [0.25, 0.3) is 0 Å². The van der Waals surface area contributed by atoms with Crippen molar-refractivity contribution in [2.24, 2.45) is 4.99 Å². The molecular formula is C22H34IN7O. The van der Waals surface area contributed by atoms with Crippen molar-refractivity contribution in [2.45, 2.75) is 52.6 Å². The molecule has 1 aromatic heterocycles. The lowest BCUT2D eigenvalue weighted by Crippen LogP contribution is -2.39. The molecule has 1 aliphatic heterocycles. The van der Waals surface area contributed by atoms with Crippen molar-refractivity contribution in [3.05, 3.63) is 47.5 Å². The third kappa shape index (κ3) is 7.48. The Morgan fingerprint density at radius 1 is 1.19 bits per heavy atom. The normalized spacial score (nSPS) is 13.4. The molecule has 1 aliphatic rings. The number of nitrogens with one attached hydrogen (secondary N) is 2. The number of hydrogen-bond acceptors (Lipinski definition) is 4. The number of amides is 1. The van der Waals surface area contributed by atoms with Gasteiger partial charge in [0.25, 0.3) is 0 Å². The molecule has 8 nitrogen and oxygen atoms in total. The molecule has 3 rings (SSSR count). The van der Waals surface area contributed by atoms with Gasteiger partial charge in [0.05, 0.1) is 0 Å². The molecule has 2 aromatic rings. The minimum absolute atomic E-state index is 0. The molecule has 0 aliphatic carbocycles. The Morgan fingerprint density at radius 2 is 2.00 bits per heavy atom. The van der Waals surface area contributed by atoms with E-state index in [1.54, 1.807) is 6.33 Å². The lowest BCUT2D eigenvalue weighted by molar-refractivity contribution is -0.132. The Balaban J connectivity index is 0.00000341. The molecule has 31 heavy (non-hydrogen) atoms. The fourth-order valence-corrected chi connectivity index (χ4v) is 3.66. The van der Waals surface area contributed by atoms with Crippen LogP contribution in [0.5, 0.6) is 0 Å². The Labute approximate surface area is 201 Å². The summed E-state index contributed by atoms with van der Waals surface area (Å²) in [5.74, 6) is 1.98. The van der Waals surface area contributed by atoms with Crippen LogP contribution in [-0.4, -0.2) is 57.7 Å². The average molecular weight is 539 g/mol. The second-order valence-corrected chi connectivity index (χ2v) is 7.42. The molecule has 0 saturated carbocycles. The van der Waals surface area contributed by atoms with Crippen LogP contribution in [0.3, 0.4) is 0 Å². The Bertz CT molecular complexity index is 852. The number of aliphatic imine (C=N–C) groups is 1. The molecular weight excluding hydrogens is 505 g/mol. The van der Waals surface area contributed by atoms with Crippen LogP contribution in [0, 0.1) is 0 Å². The summed E-state index contributed by atoms with van der Waals surface area (Å²) in [7, 11) is 0. The van der Waals surface area contributed by atoms with Crippen molar-refractivity contribution in [3.8, 4) is 0 Å². The van der Waals surface area contributed by atoms with Crippen LogP contribution in [0.4, 0.5) is 0 Å². The molecule has 0 fully saturated rings. The molecule has 0 unspecified atom stereocenters. The third-order valence-corrected chi connectivity index (χ3v) is 5.30. The molecule has 0 radical (unpaired) electrons. The minimum Gasteiger partial charge on any atom is -0.357 e. The number of rotatable bonds is 9. The monoisotopic (exact) mass is 539 g/mol. The van der Waals surface area contributed by atoms with Crippen molar-refractivity contribution >= 4 is 35.8 Å². The van der Waals surface area contributed by atoms with E-state index in [0.29, 0.717) is 13.0 Å². The van der Waals surface area contributed by atoms with Crippen molar-refractivity contribution in [1.82, 2.24) is 30.3 Å². The van der Waals surface area contributed by atoms with E-state index < -0.39 is 0 Å². The predicted molar refractivity (Wildman–Crippen MR) is 134 cm³/mol. The number of guanidine groups is 1. The number of aryl methyl sites for hydroxylation is 1. The van der Waals surface area contributed by atoms with Gasteiger partial charge < -0.3 is 20.1 Å². The number of benzene rings is 1. The molecule has 0 saturated heterocycles. The number of nitrogens with zero attached hydrogens (tertiary/aromatic N) is 5. The van der Waals surface area contributed by atoms with Gasteiger partial charge in [-0.25, -0.2) is 0 Å². The highest BCUT2D eigenvalue weighted by Gasteiger charge is 2.19. The van der Waals surface area contributed by atoms with Gasteiger partial charge in [0.15, 0.2) is 5.96 Å². The predicted octanol–water partition coefficient (Wildman–Crippen LogP) is 2.38. The fraction of sp³-hybridized carbons (Fsp3) is 0.545. The number of halogens is 1. The second kappa shape index (κ2) is 13.3. The van der Waals surface area contributed by atoms with Crippen LogP contribution in [0.15, 0.2) is 35.6 Å². The lowest BCUT2D eigenvalue weighted by atomic mass is 9.99. The topological polar surface area (TPSA) is 87.4 Å². The molecule has 1 aromatic carbocycles. The summed E-state index contributed by atoms with van der Waals surface area (Å²) in [5, 5.41) is 14.7. The molecule has 0 spiro atoms. The Hall–Kier alpha value is -2.17. The van der Waals surface area contributed by atoms with Crippen molar-refractivity contribution < 1.29 is 4.79 Å². The third-order valence-electron chi connectivity index (χ3n) is 5.30. The van der Waals surface area contributed by atoms with Crippen molar-refractivity contribution in [1.29, 1.82) is 0 Å². The zero-order valence-corrected chi connectivity index (χ0v) is 20.8. The fourth-order valence-electron chi connectivity index (χ4n) is 3.66. The molecule has 0 atom stereocenters. The van der Waals surface area contributed by atoms with Gasteiger partial charge in [-0.15, -0.1) is 34.2 Å². The quantitative estimate of drug-likeness (QED) is 0.221. The molecule has 170 valence electrons. The summed E-state index contributed by atoms with van der Waals surface area (Å²) in [4.78, 5) is 19.2. The van der Waals surface area contributed by atoms with E-state index in [1.807, 2.05) is 22.5 Å². The van der Waals surface area contributed by atoms with Gasteiger partial charge in [0.1, 0.15) is 12.2 Å². The van der Waals surface area contributed by atoms with Crippen LogP contribution in [0.1, 0.15) is 43.6 Å². The first-order valence-electron chi connectivity index (χ1n) is 10.9. The Kier molecular flexibility index (Phi) is 10.8.